The number of benzene rings is 1. The van der Waals surface area contributed by atoms with E-state index in [0.717, 1.165) is 5.56 Å². The third-order valence-electron chi connectivity index (χ3n) is 3.07. The Labute approximate surface area is 106 Å². The minimum absolute atomic E-state index is 0.201. The molecule has 100 valence electrons. The SMILES string of the molecule is COc1ccc(CCN2CCCS2(=O)=O)cc1F. The van der Waals surface area contributed by atoms with Crippen molar-refractivity contribution in [2.75, 3.05) is 26.0 Å². The minimum Gasteiger partial charge on any atom is -0.494 e. The second-order valence-electron chi connectivity index (χ2n) is 4.29. The van der Waals surface area contributed by atoms with Gasteiger partial charge in [-0.1, -0.05) is 6.07 Å². The topological polar surface area (TPSA) is 46.6 Å². The molecule has 0 atom stereocenters. The van der Waals surface area contributed by atoms with Crippen LogP contribution in [0.2, 0.25) is 0 Å². The first-order chi connectivity index (χ1) is 8.53. The van der Waals surface area contributed by atoms with E-state index < -0.39 is 15.8 Å². The molecule has 1 aromatic rings. The van der Waals surface area contributed by atoms with Gasteiger partial charge in [-0.05, 0) is 30.5 Å². The molecule has 1 heterocycles. The van der Waals surface area contributed by atoms with Crippen LogP contribution < -0.4 is 4.74 Å². The molecule has 2 rings (SSSR count). The van der Waals surface area contributed by atoms with Crippen molar-refractivity contribution in [3.05, 3.63) is 29.6 Å². The highest BCUT2D eigenvalue weighted by Crippen LogP contribution is 2.19. The van der Waals surface area contributed by atoms with Crippen LogP contribution in [-0.4, -0.2) is 38.7 Å². The van der Waals surface area contributed by atoms with Crippen LogP contribution in [0.15, 0.2) is 18.2 Å². The Hall–Kier alpha value is -1.14. The maximum atomic E-state index is 13.4. The molecule has 0 bridgehead atoms. The van der Waals surface area contributed by atoms with Crippen LogP contribution in [0.4, 0.5) is 4.39 Å². The summed E-state index contributed by atoms with van der Waals surface area (Å²) in [6.07, 6.45) is 1.19. The average molecular weight is 273 g/mol. The van der Waals surface area contributed by atoms with Gasteiger partial charge >= 0.3 is 0 Å². The number of nitrogens with zero attached hydrogens (tertiary/aromatic N) is 1. The van der Waals surface area contributed by atoms with Crippen molar-refractivity contribution < 1.29 is 17.5 Å². The van der Waals surface area contributed by atoms with Crippen LogP contribution in [0.1, 0.15) is 12.0 Å². The van der Waals surface area contributed by atoms with Gasteiger partial charge in [0.25, 0.3) is 0 Å². The molecular weight excluding hydrogens is 257 g/mol. The first-order valence-electron chi connectivity index (χ1n) is 5.83. The van der Waals surface area contributed by atoms with Gasteiger partial charge in [0.1, 0.15) is 0 Å². The summed E-state index contributed by atoms with van der Waals surface area (Å²) < 4.78 is 42.9. The Morgan fingerprint density at radius 2 is 2.22 bits per heavy atom. The number of rotatable bonds is 4. The molecule has 6 heteroatoms. The van der Waals surface area contributed by atoms with E-state index in [-0.39, 0.29) is 11.5 Å². The molecule has 1 fully saturated rings. The van der Waals surface area contributed by atoms with E-state index in [1.807, 2.05) is 0 Å². The summed E-state index contributed by atoms with van der Waals surface area (Å²) in [7, 11) is -1.65. The van der Waals surface area contributed by atoms with Crippen molar-refractivity contribution in [1.82, 2.24) is 4.31 Å². The van der Waals surface area contributed by atoms with E-state index in [1.54, 1.807) is 12.1 Å². The number of ether oxygens (including phenoxy) is 1. The van der Waals surface area contributed by atoms with E-state index >= 15 is 0 Å². The summed E-state index contributed by atoms with van der Waals surface area (Å²) in [5.74, 6) is 0.0103. The predicted octanol–water partition coefficient (Wildman–Crippen LogP) is 1.41. The molecule has 18 heavy (non-hydrogen) atoms. The number of methoxy groups -OCH3 is 1. The predicted molar refractivity (Wildman–Crippen MR) is 66.6 cm³/mol. The first-order valence-corrected chi connectivity index (χ1v) is 7.44. The summed E-state index contributed by atoms with van der Waals surface area (Å²) >= 11 is 0. The van der Waals surface area contributed by atoms with Gasteiger partial charge in [-0.2, -0.15) is 0 Å². The lowest BCUT2D eigenvalue weighted by molar-refractivity contribution is 0.386. The highest BCUT2D eigenvalue weighted by Gasteiger charge is 2.27. The van der Waals surface area contributed by atoms with E-state index in [2.05, 4.69) is 0 Å². The van der Waals surface area contributed by atoms with Gasteiger partial charge in [-0.3, -0.25) is 0 Å². The fraction of sp³-hybridized carbons (Fsp3) is 0.500. The van der Waals surface area contributed by atoms with Crippen LogP contribution >= 0.6 is 0 Å². The van der Waals surface area contributed by atoms with E-state index in [9.17, 15) is 12.8 Å². The smallest absolute Gasteiger partial charge is 0.214 e. The molecule has 0 unspecified atom stereocenters. The number of sulfonamides is 1. The maximum absolute atomic E-state index is 13.4. The van der Waals surface area contributed by atoms with Gasteiger partial charge < -0.3 is 4.74 Å². The van der Waals surface area contributed by atoms with Crippen molar-refractivity contribution in [3.63, 3.8) is 0 Å². The molecule has 1 aromatic carbocycles. The summed E-state index contributed by atoms with van der Waals surface area (Å²) in [5.41, 5.74) is 0.774. The largest absolute Gasteiger partial charge is 0.494 e. The van der Waals surface area contributed by atoms with Crippen molar-refractivity contribution in [1.29, 1.82) is 0 Å². The average Bonchev–Trinajstić information content (AvgIpc) is 2.66. The number of halogens is 1. The summed E-state index contributed by atoms with van der Waals surface area (Å²) in [6, 6.07) is 4.70. The van der Waals surface area contributed by atoms with Gasteiger partial charge in [0.15, 0.2) is 11.6 Å². The molecule has 4 nitrogen and oxygen atoms in total. The molecule has 0 saturated carbocycles. The van der Waals surface area contributed by atoms with Gasteiger partial charge in [0.2, 0.25) is 10.0 Å². The zero-order valence-corrected chi connectivity index (χ0v) is 11.0. The Morgan fingerprint density at radius 1 is 1.44 bits per heavy atom. The number of hydrogen-bond donors (Lipinski definition) is 0. The standard InChI is InChI=1S/C12H16FNO3S/c1-17-12-4-3-10(9-11(12)13)5-7-14-6-2-8-18(14,15)16/h3-4,9H,2,5-8H2,1H3. The second-order valence-corrected chi connectivity index (χ2v) is 6.38. The Kier molecular flexibility index (Phi) is 3.87. The molecule has 0 radical (unpaired) electrons. The second kappa shape index (κ2) is 5.24. The van der Waals surface area contributed by atoms with Gasteiger partial charge in [0, 0.05) is 13.1 Å². The molecule has 1 aliphatic rings. The molecule has 1 aliphatic heterocycles. The van der Waals surface area contributed by atoms with Crippen LogP contribution in [0.25, 0.3) is 0 Å². The lowest BCUT2D eigenvalue weighted by Gasteiger charge is -2.14. The Bertz CT molecular complexity index is 530. The third kappa shape index (κ3) is 2.81. The molecule has 0 spiro atoms. The molecule has 0 amide bonds. The van der Waals surface area contributed by atoms with Gasteiger partial charge in [-0.25, -0.2) is 17.1 Å². The molecule has 0 N–H and O–H groups in total. The summed E-state index contributed by atoms with van der Waals surface area (Å²) in [5, 5.41) is 0. The quantitative estimate of drug-likeness (QED) is 0.833. The zero-order valence-electron chi connectivity index (χ0n) is 10.2. The minimum atomic E-state index is -3.07. The summed E-state index contributed by atoms with van der Waals surface area (Å²) in [4.78, 5) is 0. The molecule has 1 saturated heterocycles. The third-order valence-corrected chi connectivity index (χ3v) is 5.03. The van der Waals surface area contributed by atoms with E-state index in [1.165, 1.54) is 17.5 Å². The van der Waals surface area contributed by atoms with Crippen LogP contribution in [0.5, 0.6) is 5.75 Å². The normalized spacial score (nSPS) is 19.0. The van der Waals surface area contributed by atoms with Crippen LogP contribution in [-0.2, 0) is 16.4 Å². The van der Waals surface area contributed by atoms with Crippen molar-refractivity contribution in [3.8, 4) is 5.75 Å². The van der Waals surface area contributed by atoms with Crippen molar-refractivity contribution in [2.24, 2.45) is 0 Å². The van der Waals surface area contributed by atoms with E-state index in [4.69, 9.17) is 4.74 Å². The van der Waals surface area contributed by atoms with Gasteiger partial charge in [-0.15, -0.1) is 0 Å². The Balaban J connectivity index is 2.00. The van der Waals surface area contributed by atoms with Crippen molar-refractivity contribution in [2.45, 2.75) is 12.8 Å². The van der Waals surface area contributed by atoms with Crippen LogP contribution in [0, 0.1) is 5.82 Å². The fourth-order valence-corrected chi connectivity index (χ4v) is 3.59. The molecule has 0 aromatic heterocycles. The molecule has 0 aliphatic carbocycles. The van der Waals surface area contributed by atoms with Crippen LogP contribution in [0.3, 0.4) is 0 Å². The molecular formula is C12H16FNO3S. The number of hydrogen-bond acceptors (Lipinski definition) is 3. The zero-order chi connectivity index (χ0) is 13.2. The fourth-order valence-electron chi connectivity index (χ4n) is 2.06. The highest BCUT2D eigenvalue weighted by atomic mass is 32.2. The highest BCUT2D eigenvalue weighted by molar-refractivity contribution is 7.89. The first kappa shape index (κ1) is 13.3. The lowest BCUT2D eigenvalue weighted by atomic mass is 10.1. The van der Waals surface area contributed by atoms with Gasteiger partial charge in [0.05, 0.1) is 12.9 Å². The van der Waals surface area contributed by atoms with E-state index in [0.29, 0.717) is 25.9 Å². The monoisotopic (exact) mass is 273 g/mol. The lowest BCUT2D eigenvalue weighted by Crippen LogP contribution is -2.27. The van der Waals surface area contributed by atoms with Crippen molar-refractivity contribution >= 4 is 10.0 Å². The Morgan fingerprint density at radius 3 is 2.78 bits per heavy atom. The summed E-state index contributed by atoms with van der Waals surface area (Å²) in [6.45, 7) is 0.981. The maximum Gasteiger partial charge on any atom is 0.214 e.